The molecule has 1 aliphatic rings. The van der Waals surface area contributed by atoms with Crippen LogP contribution < -0.4 is 14.4 Å². The third kappa shape index (κ3) is 7.14. The van der Waals surface area contributed by atoms with Crippen molar-refractivity contribution in [1.29, 1.82) is 0 Å². The molecule has 6 rings (SSSR count). The summed E-state index contributed by atoms with van der Waals surface area (Å²) < 4.78 is 12.3. The van der Waals surface area contributed by atoms with Gasteiger partial charge in [0, 0.05) is 5.75 Å². The Labute approximate surface area is 287 Å². The highest BCUT2D eigenvalue weighted by Crippen LogP contribution is 2.45. The van der Waals surface area contributed by atoms with E-state index in [1.807, 2.05) is 48.5 Å². The van der Waals surface area contributed by atoms with Crippen molar-refractivity contribution in [3.05, 3.63) is 125 Å². The highest BCUT2D eigenvalue weighted by Gasteiger charge is 2.45. The van der Waals surface area contributed by atoms with Crippen molar-refractivity contribution in [3.8, 4) is 11.5 Å². The number of rotatable bonds is 13. The molecule has 48 heavy (non-hydrogen) atoms. The number of anilines is 1. The van der Waals surface area contributed by atoms with Crippen LogP contribution in [-0.4, -0.2) is 40.7 Å². The number of aromatic nitrogens is 2. The Morgan fingerprint density at radius 1 is 1.00 bits per heavy atom. The number of ether oxygens (including phenoxy) is 2. The number of fused-ring (bicyclic) bond motifs is 1. The smallest absolute Gasteiger partial charge is 0.296 e. The Bertz CT molecular complexity index is 2000. The highest BCUT2D eigenvalue weighted by atomic mass is 32.2. The first-order valence-electron chi connectivity index (χ1n) is 15.6. The average molecular weight is 678 g/mol. The van der Waals surface area contributed by atoms with Gasteiger partial charge in [0.15, 0.2) is 27.4 Å². The molecule has 1 N–H and O–H groups in total. The van der Waals surface area contributed by atoms with Crippen LogP contribution in [0, 0.1) is 5.92 Å². The molecule has 2 heterocycles. The van der Waals surface area contributed by atoms with E-state index in [-0.39, 0.29) is 10.7 Å². The Morgan fingerprint density at radius 3 is 2.56 bits per heavy atom. The molecule has 1 aromatic heterocycles. The van der Waals surface area contributed by atoms with E-state index < -0.39 is 23.5 Å². The van der Waals surface area contributed by atoms with E-state index in [0.717, 1.165) is 22.9 Å². The zero-order valence-electron chi connectivity index (χ0n) is 26.8. The predicted molar refractivity (Wildman–Crippen MR) is 192 cm³/mol. The molecular formula is C38H35N3O5S2. The van der Waals surface area contributed by atoms with Gasteiger partial charge in [0.25, 0.3) is 5.91 Å². The van der Waals surface area contributed by atoms with Gasteiger partial charge in [0.05, 0.1) is 25.3 Å². The van der Waals surface area contributed by atoms with Crippen LogP contribution in [0.2, 0.25) is 0 Å². The van der Waals surface area contributed by atoms with Crippen molar-refractivity contribution in [2.75, 3.05) is 18.6 Å². The van der Waals surface area contributed by atoms with Crippen molar-refractivity contribution in [1.82, 2.24) is 10.2 Å². The first kappa shape index (κ1) is 33.0. The van der Waals surface area contributed by atoms with E-state index >= 15 is 0 Å². The van der Waals surface area contributed by atoms with Gasteiger partial charge in [-0.3, -0.25) is 14.5 Å². The number of thioether (sulfide) groups is 1. The third-order valence-corrected chi connectivity index (χ3v) is 10.1. The minimum absolute atomic E-state index is 0.0529. The molecule has 0 bridgehead atoms. The molecule has 0 saturated heterocycles. The second-order valence-electron chi connectivity index (χ2n) is 11.7. The Kier molecular flexibility index (Phi) is 10.2. The number of nitrogens with zero attached hydrogens (tertiary/aromatic N) is 3. The fourth-order valence-electron chi connectivity index (χ4n) is 5.49. The molecule has 244 valence electrons. The van der Waals surface area contributed by atoms with E-state index in [1.54, 1.807) is 24.3 Å². The number of aliphatic hydroxyl groups excluding tert-OH is 1. The summed E-state index contributed by atoms with van der Waals surface area (Å²) in [6, 6.07) is 28.1. The molecule has 5 aromatic rings. The zero-order chi connectivity index (χ0) is 33.6. The van der Waals surface area contributed by atoms with Gasteiger partial charge in [0.2, 0.25) is 5.13 Å². The van der Waals surface area contributed by atoms with Crippen molar-refractivity contribution in [2.45, 2.75) is 36.4 Å². The molecule has 1 atom stereocenters. The van der Waals surface area contributed by atoms with Gasteiger partial charge in [-0.25, -0.2) is 0 Å². The zero-order valence-corrected chi connectivity index (χ0v) is 28.5. The molecule has 1 unspecified atom stereocenters. The van der Waals surface area contributed by atoms with E-state index in [0.29, 0.717) is 39.7 Å². The van der Waals surface area contributed by atoms with Crippen LogP contribution in [0.1, 0.15) is 43.0 Å². The maximum absolute atomic E-state index is 13.8. The number of aliphatic hydroxyl groups is 1. The number of methoxy groups -OCH3 is 1. The fraction of sp³-hybridized carbons (Fsp3) is 0.211. The van der Waals surface area contributed by atoms with Gasteiger partial charge in [-0.1, -0.05) is 122 Å². The number of hydrogen-bond acceptors (Lipinski definition) is 9. The summed E-state index contributed by atoms with van der Waals surface area (Å²) >= 11 is 2.75. The summed E-state index contributed by atoms with van der Waals surface area (Å²) in [5, 5.41) is 22.6. The second kappa shape index (κ2) is 14.9. The van der Waals surface area contributed by atoms with Crippen LogP contribution in [0.3, 0.4) is 0 Å². The number of amides is 1. The van der Waals surface area contributed by atoms with Crippen LogP contribution in [0.15, 0.2) is 113 Å². The lowest BCUT2D eigenvalue weighted by Gasteiger charge is -2.24. The SMILES string of the molecule is COc1cc(C2C(C(=O)/C=C/c3ccccc3)=C(O)C(=O)N2c2nnc(SCc3cccc4ccccc34)s2)ccc1OCCC(C)C. The lowest BCUT2D eigenvalue weighted by atomic mass is 9.95. The van der Waals surface area contributed by atoms with E-state index in [1.165, 1.54) is 46.6 Å². The summed E-state index contributed by atoms with van der Waals surface area (Å²) in [5.41, 5.74) is 2.47. The van der Waals surface area contributed by atoms with Gasteiger partial charge in [-0.2, -0.15) is 0 Å². The van der Waals surface area contributed by atoms with Crippen LogP contribution in [0.4, 0.5) is 5.13 Å². The largest absolute Gasteiger partial charge is 0.503 e. The van der Waals surface area contributed by atoms with Gasteiger partial charge < -0.3 is 14.6 Å². The van der Waals surface area contributed by atoms with E-state index in [4.69, 9.17) is 9.47 Å². The maximum atomic E-state index is 13.8. The van der Waals surface area contributed by atoms with Crippen molar-refractivity contribution in [2.24, 2.45) is 5.92 Å². The first-order chi connectivity index (χ1) is 23.3. The quantitative estimate of drug-likeness (QED) is 0.0751. The molecule has 4 aromatic carbocycles. The van der Waals surface area contributed by atoms with Gasteiger partial charge in [0.1, 0.15) is 0 Å². The molecule has 0 fully saturated rings. The van der Waals surface area contributed by atoms with Crippen LogP contribution in [0.5, 0.6) is 11.5 Å². The normalized spacial score (nSPS) is 14.9. The number of benzene rings is 4. The van der Waals surface area contributed by atoms with Crippen molar-refractivity contribution in [3.63, 3.8) is 0 Å². The van der Waals surface area contributed by atoms with Gasteiger partial charge in [-0.15, -0.1) is 10.2 Å². The van der Waals surface area contributed by atoms with Crippen molar-refractivity contribution >= 4 is 56.8 Å². The molecule has 0 radical (unpaired) electrons. The Hall–Kier alpha value is -4.93. The molecule has 10 heteroatoms. The maximum Gasteiger partial charge on any atom is 0.296 e. The molecule has 0 saturated carbocycles. The third-order valence-electron chi connectivity index (χ3n) is 7.99. The first-order valence-corrected chi connectivity index (χ1v) is 17.4. The van der Waals surface area contributed by atoms with Crippen LogP contribution in [-0.2, 0) is 15.3 Å². The van der Waals surface area contributed by atoms with E-state index in [2.05, 4.69) is 48.3 Å². The van der Waals surface area contributed by atoms with Gasteiger partial charge in [-0.05, 0) is 58.0 Å². The molecule has 1 aliphatic heterocycles. The number of hydrogen-bond donors (Lipinski definition) is 1. The molecule has 8 nitrogen and oxygen atoms in total. The summed E-state index contributed by atoms with van der Waals surface area (Å²) in [4.78, 5) is 28.9. The molecule has 0 spiro atoms. The number of ketones is 1. The summed E-state index contributed by atoms with van der Waals surface area (Å²) in [5.74, 6) is 0.273. The number of carbonyl (C=O) groups is 2. The highest BCUT2D eigenvalue weighted by molar-refractivity contribution is 8.00. The minimum atomic E-state index is -0.979. The Morgan fingerprint density at radius 2 is 1.77 bits per heavy atom. The monoisotopic (exact) mass is 677 g/mol. The summed E-state index contributed by atoms with van der Waals surface area (Å²) in [7, 11) is 1.54. The minimum Gasteiger partial charge on any atom is -0.503 e. The Balaban J connectivity index is 1.33. The standard InChI is InChI=1S/C38H35N3O5S2/c1-24(2)20-21-46-31-19-17-27(22-32(31)45-3)34-33(30(42)18-16-25-10-5-4-6-11-25)35(43)36(44)41(34)37-39-40-38(48-37)47-23-28-14-9-13-26-12-7-8-15-29(26)28/h4-19,22,24,34,43H,20-21,23H2,1-3H3/b18-16+. The van der Waals surface area contributed by atoms with E-state index in [9.17, 15) is 14.7 Å². The van der Waals surface area contributed by atoms with Crippen molar-refractivity contribution < 1.29 is 24.2 Å². The molecule has 1 amide bonds. The lowest BCUT2D eigenvalue weighted by Crippen LogP contribution is -2.30. The lowest BCUT2D eigenvalue weighted by molar-refractivity contribution is -0.117. The second-order valence-corrected chi connectivity index (χ2v) is 13.8. The molecular weight excluding hydrogens is 643 g/mol. The van der Waals surface area contributed by atoms with Gasteiger partial charge >= 0.3 is 0 Å². The predicted octanol–water partition coefficient (Wildman–Crippen LogP) is 8.60. The molecule has 0 aliphatic carbocycles. The van der Waals surface area contributed by atoms with Crippen LogP contribution >= 0.6 is 23.1 Å². The van der Waals surface area contributed by atoms with Crippen LogP contribution in [0.25, 0.3) is 16.8 Å². The topological polar surface area (TPSA) is 102 Å². The summed E-state index contributed by atoms with van der Waals surface area (Å²) in [6.45, 7) is 4.76. The summed E-state index contributed by atoms with van der Waals surface area (Å²) in [6.07, 6.45) is 3.90. The average Bonchev–Trinajstić information content (AvgIpc) is 3.68. The number of carbonyl (C=O) groups excluding carboxylic acids is 2. The fourth-order valence-corrected chi connectivity index (χ4v) is 7.36. The number of allylic oxidation sites excluding steroid dienone is 1.